The highest BCUT2D eigenvalue weighted by Gasteiger charge is 2.38. The van der Waals surface area contributed by atoms with Crippen LogP contribution >= 0.6 is 0 Å². The Bertz CT molecular complexity index is 1770. The number of benzene rings is 1. The number of aromatic nitrogens is 5. The van der Waals surface area contributed by atoms with Gasteiger partial charge >= 0.3 is 6.18 Å². The molecule has 4 N–H and O–H groups in total. The van der Waals surface area contributed by atoms with Gasteiger partial charge in [0.15, 0.2) is 5.82 Å². The molecule has 5 rings (SSSR count). The van der Waals surface area contributed by atoms with Gasteiger partial charge in [-0.3, -0.25) is 9.59 Å². The molecule has 0 saturated heterocycles. The largest absolute Gasteiger partial charge is 0.423 e. The van der Waals surface area contributed by atoms with Crippen LogP contribution in [0.5, 0.6) is 0 Å². The molecular formula is C27H27F4N7O3. The Labute approximate surface area is 230 Å². The number of alkyl halides is 3. The van der Waals surface area contributed by atoms with Crippen molar-refractivity contribution >= 4 is 22.3 Å². The molecule has 0 aliphatic carbocycles. The zero-order chi connectivity index (χ0) is 29.7. The molecule has 1 aliphatic heterocycles. The lowest BCUT2D eigenvalue weighted by molar-refractivity contribution is -0.138. The highest BCUT2D eigenvalue weighted by molar-refractivity contribution is 5.86. The quantitative estimate of drug-likeness (QED) is 0.278. The van der Waals surface area contributed by atoms with E-state index in [4.69, 9.17) is 10.5 Å². The Morgan fingerprint density at radius 3 is 2.73 bits per heavy atom. The summed E-state index contributed by atoms with van der Waals surface area (Å²) in [6.07, 6.45) is -1.58. The van der Waals surface area contributed by atoms with Crippen LogP contribution in [0.3, 0.4) is 0 Å². The van der Waals surface area contributed by atoms with E-state index >= 15 is 4.39 Å². The first-order valence-corrected chi connectivity index (χ1v) is 12.8. The van der Waals surface area contributed by atoms with Gasteiger partial charge in [-0.2, -0.15) is 18.3 Å². The van der Waals surface area contributed by atoms with E-state index in [1.54, 1.807) is 24.3 Å². The Morgan fingerprint density at radius 2 is 2.00 bits per heavy atom. The first-order chi connectivity index (χ1) is 19.3. The smallest absolute Gasteiger partial charge is 0.383 e. The van der Waals surface area contributed by atoms with E-state index in [0.717, 1.165) is 12.3 Å². The number of nitrogens with one attached hydrogen (secondary N) is 2. The summed E-state index contributed by atoms with van der Waals surface area (Å²) >= 11 is 0. The van der Waals surface area contributed by atoms with E-state index in [1.165, 1.54) is 10.6 Å². The van der Waals surface area contributed by atoms with Gasteiger partial charge in [0.1, 0.15) is 22.8 Å². The van der Waals surface area contributed by atoms with Crippen molar-refractivity contribution in [1.82, 2.24) is 24.7 Å². The monoisotopic (exact) mass is 573 g/mol. The molecule has 3 aromatic heterocycles. The van der Waals surface area contributed by atoms with Crippen LogP contribution in [-0.4, -0.2) is 30.8 Å². The van der Waals surface area contributed by atoms with Crippen molar-refractivity contribution in [2.24, 2.45) is 0 Å². The van der Waals surface area contributed by atoms with Gasteiger partial charge in [-0.1, -0.05) is 0 Å². The summed E-state index contributed by atoms with van der Waals surface area (Å²) in [5, 5.41) is 8.54. The van der Waals surface area contributed by atoms with Crippen molar-refractivity contribution in [3.05, 3.63) is 73.9 Å². The molecule has 1 aromatic carbocycles. The van der Waals surface area contributed by atoms with Crippen molar-refractivity contribution in [2.45, 2.75) is 64.6 Å². The molecule has 14 heteroatoms. The Balaban J connectivity index is 1.33. The maximum Gasteiger partial charge on any atom is 0.423 e. The Morgan fingerprint density at radius 1 is 1.24 bits per heavy atom. The number of nitrogens with two attached hydrogens (primary N) is 1. The lowest BCUT2D eigenvalue weighted by Crippen LogP contribution is -2.27. The van der Waals surface area contributed by atoms with Crippen LogP contribution in [0.15, 0.2) is 40.2 Å². The molecule has 1 aliphatic rings. The van der Waals surface area contributed by atoms with Crippen LogP contribution in [0.4, 0.5) is 29.1 Å². The third kappa shape index (κ3) is 5.38. The number of H-pyrrole nitrogens is 1. The van der Waals surface area contributed by atoms with Gasteiger partial charge in [0.2, 0.25) is 0 Å². The zero-order valence-corrected chi connectivity index (χ0v) is 22.4. The fourth-order valence-corrected chi connectivity index (χ4v) is 4.93. The van der Waals surface area contributed by atoms with Crippen LogP contribution in [0, 0.1) is 5.82 Å². The molecule has 216 valence electrons. The van der Waals surface area contributed by atoms with E-state index in [2.05, 4.69) is 20.4 Å². The van der Waals surface area contributed by atoms with Crippen LogP contribution in [0.25, 0.3) is 22.2 Å². The van der Waals surface area contributed by atoms with Crippen molar-refractivity contribution in [3.8, 4) is 11.4 Å². The number of pyridine rings is 1. The lowest BCUT2D eigenvalue weighted by atomic mass is 10.0. The molecule has 0 fully saturated rings. The van der Waals surface area contributed by atoms with Gasteiger partial charge < -0.3 is 20.4 Å². The highest BCUT2D eigenvalue weighted by atomic mass is 19.4. The molecule has 41 heavy (non-hydrogen) atoms. The van der Waals surface area contributed by atoms with Crippen molar-refractivity contribution in [3.63, 3.8) is 0 Å². The molecule has 4 aromatic rings. The first-order valence-electron chi connectivity index (χ1n) is 12.8. The van der Waals surface area contributed by atoms with E-state index in [-0.39, 0.29) is 35.7 Å². The molecule has 1 atom stereocenters. The van der Waals surface area contributed by atoms with Gasteiger partial charge in [0.05, 0.1) is 35.1 Å². The zero-order valence-electron chi connectivity index (χ0n) is 22.4. The number of aromatic amines is 1. The van der Waals surface area contributed by atoms with Crippen LogP contribution in [-0.2, 0) is 29.7 Å². The van der Waals surface area contributed by atoms with E-state index in [0.29, 0.717) is 29.5 Å². The van der Waals surface area contributed by atoms with Gasteiger partial charge in [-0.05, 0) is 57.2 Å². The second kappa shape index (κ2) is 10.3. The average Bonchev–Trinajstić information content (AvgIpc) is 3.19. The van der Waals surface area contributed by atoms with Crippen molar-refractivity contribution in [1.29, 1.82) is 0 Å². The number of ether oxygens (including phenoxy) is 1. The van der Waals surface area contributed by atoms with E-state index < -0.39 is 46.0 Å². The molecule has 0 saturated carbocycles. The molecule has 0 radical (unpaired) electrons. The number of aryl methyl sites for hydroxylation is 1. The normalized spacial score (nSPS) is 15.2. The lowest BCUT2D eigenvalue weighted by Gasteiger charge is -2.18. The minimum absolute atomic E-state index is 0.0918. The van der Waals surface area contributed by atoms with E-state index in [1.807, 2.05) is 13.8 Å². The second-order valence-electron chi connectivity index (χ2n) is 10.5. The fourth-order valence-electron chi connectivity index (χ4n) is 4.93. The number of hydrogen-bond acceptors (Lipinski definition) is 8. The Hall–Kier alpha value is -4.33. The standard InChI is InChI=1S/C27H27F4N7O3/c1-13(34-19-11-33-37-24(39)20(19)27(29,30)31)5-4-7-38-8-6-14-9-16(18(28)10-15(14)25(38)40)23-35-21-17(22(32)36-23)12-41-26(21,2)3/h6,8-11,13H,4-5,7,12H2,1-3H3,(H2,32,35,36)(H2,34,37,39). The second-order valence-corrected chi connectivity index (χ2v) is 10.5. The summed E-state index contributed by atoms with van der Waals surface area (Å²) < 4.78 is 62.3. The number of nitrogen functional groups attached to an aromatic ring is 1. The third-order valence-electron chi connectivity index (χ3n) is 7.07. The summed E-state index contributed by atoms with van der Waals surface area (Å²) in [5.41, 5.74) is 3.22. The summed E-state index contributed by atoms with van der Waals surface area (Å²) in [4.78, 5) is 33.6. The predicted octanol–water partition coefficient (Wildman–Crippen LogP) is 4.33. The SMILES string of the molecule is CC(CCCn1ccc2cc(-c3nc(N)c4c(n3)C(C)(C)OC4)c(F)cc2c1=O)Nc1cn[nH]c(=O)c1C(F)(F)F. The van der Waals surface area contributed by atoms with Crippen LogP contribution < -0.4 is 22.2 Å². The number of nitrogens with zero attached hydrogens (tertiary/aromatic N) is 4. The minimum atomic E-state index is -4.85. The van der Waals surface area contributed by atoms with Crippen LogP contribution in [0.2, 0.25) is 0 Å². The first kappa shape index (κ1) is 28.2. The molecule has 0 amide bonds. The predicted molar refractivity (Wildman–Crippen MR) is 144 cm³/mol. The number of hydrogen-bond donors (Lipinski definition) is 3. The molecule has 4 heterocycles. The number of rotatable bonds is 7. The van der Waals surface area contributed by atoms with Gasteiger partial charge in [0, 0.05) is 24.3 Å². The molecule has 1 unspecified atom stereocenters. The topological polar surface area (TPSA) is 141 Å². The van der Waals surface area contributed by atoms with E-state index in [9.17, 15) is 22.8 Å². The molecule has 10 nitrogen and oxygen atoms in total. The highest BCUT2D eigenvalue weighted by Crippen LogP contribution is 2.38. The molecule has 0 spiro atoms. The van der Waals surface area contributed by atoms with Crippen molar-refractivity contribution in [2.75, 3.05) is 11.1 Å². The van der Waals surface area contributed by atoms with Gasteiger partial charge in [0.25, 0.3) is 11.1 Å². The van der Waals surface area contributed by atoms with Crippen LogP contribution in [0.1, 0.15) is 50.4 Å². The third-order valence-corrected chi connectivity index (χ3v) is 7.07. The fraction of sp³-hybridized carbons (Fsp3) is 0.370. The summed E-state index contributed by atoms with van der Waals surface area (Å²) in [7, 11) is 0. The Kier molecular flexibility index (Phi) is 7.05. The molecular weight excluding hydrogens is 546 g/mol. The number of halogens is 4. The maximum absolute atomic E-state index is 15.3. The number of anilines is 2. The summed E-state index contributed by atoms with van der Waals surface area (Å²) in [6.45, 7) is 5.84. The summed E-state index contributed by atoms with van der Waals surface area (Å²) in [5.74, 6) is -0.387. The minimum Gasteiger partial charge on any atom is -0.383 e. The van der Waals surface area contributed by atoms with Crippen molar-refractivity contribution < 1.29 is 22.3 Å². The average molecular weight is 574 g/mol. The van der Waals surface area contributed by atoms with Gasteiger partial charge in [-0.25, -0.2) is 19.5 Å². The number of fused-ring (bicyclic) bond motifs is 2. The summed E-state index contributed by atoms with van der Waals surface area (Å²) in [6, 6.07) is 3.84. The van der Waals surface area contributed by atoms with Gasteiger partial charge in [-0.15, -0.1) is 0 Å². The molecule has 0 bridgehead atoms. The maximum atomic E-state index is 15.3.